The van der Waals surface area contributed by atoms with Crippen LogP contribution in [0, 0.1) is 0 Å². The molecule has 0 aliphatic heterocycles. The van der Waals surface area contributed by atoms with Gasteiger partial charge in [-0.25, -0.2) is 0 Å². The number of hydrogen-bond acceptors (Lipinski definition) is 2. The Morgan fingerprint density at radius 1 is 1.44 bits per heavy atom. The largest absolute Gasteiger partial charge is 0.496 e. The molecular formula is C12H17BrClNO. The highest BCUT2D eigenvalue weighted by molar-refractivity contribution is 9.10. The smallest absolute Gasteiger partial charge is 0.133 e. The van der Waals surface area contributed by atoms with Crippen LogP contribution in [0.5, 0.6) is 5.75 Å². The molecule has 0 aliphatic carbocycles. The highest BCUT2D eigenvalue weighted by Crippen LogP contribution is 2.31. The van der Waals surface area contributed by atoms with Crippen LogP contribution in [0.2, 0.25) is 0 Å². The van der Waals surface area contributed by atoms with E-state index in [0.29, 0.717) is 6.00 Å². The van der Waals surface area contributed by atoms with Gasteiger partial charge < -0.3 is 10.1 Å². The SMILES string of the molecule is COc1ccc(C(C)(C)CNCCl)cc1Br. The van der Waals surface area contributed by atoms with Gasteiger partial charge in [-0.2, -0.15) is 0 Å². The van der Waals surface area contributed by atoms with Crippen LogP contribution < -0.4 is 10.1 Å². The Labute approximate surface area is 110 Å². The molecule has 0 atom stereocenters. The Morgan fingerprint density at radius 3 is 2.62 bits per heavy atom. The molecule has 0 saturated heterocycles. The summed E-state index contributed by atoms with van der Waals surface area (Å²) in [6.45, 7) is 5.21. The van der Waals surface area contributed by atoms with Crippen LogP contribution in [0.15, 0.2) is 22.7 Å². The van der Waals surface area contributed by atoms with Crippen LogP contribution in [-0.4, -0.2) is 19.7 Å². The molecule has 0 amide bonds. The van der Waals surface area contributed by atoms with Gasteiger partial charge in [0, 0.05) is 12.0 Å². The van der Waals surface area contributed by atoms with Gasteiger partial charge in [0.2, 0.25) is 0 Å². The predicted octanol–water partition coefficient (Wildman–Crippen LogP) is 3.52. The molecule has 0 aromatic heterocycles. The molecule has 0 saturated carbocycles. The molecule has 1 aromatic carbocycles. The summed E-state index contributed by atoms with van der Waals surface area (Å²) in [4.78, 5) is 0. The van der Waals surface area contributed by atoms with Gasteiger partial charge in [0.25, 0.3) is 0 Å². The molecule has 0 heterocycles. The van der Waals surface area contributed by atoms with Crippen molar-refractivity contribution in [1.29, 1.82) is 0 Å². The molecule has 0 aliphatic rings. The van der Waals surface area contributed by atoms with Crippen molar-refractivity contribution in [3.05, 3.63) is 28.2 Å². The summed E-state index contributed by atoms with van der Waals surface area (Å²) < 4.78 is 6.19. The normalized spacial score (nSPS) is 11.6. The van der Waals surface area contributed by atoms with Gasteiger partial charge in [-0.3, -0.25) is 0 Å². The second-order valence-electron chi connectivity index (χ2n) is 4.29. The third-order valence-corrected chi connectivity index (χ3v) is 3.40. The lowest BCUT2D eigenvalue weighted by molar-refractivity contribution is 0.411. The monoisotopic (exact) mass is 305 g/mol. The van der Waals surface area contributed by atoms with Crippen LogP contribution in [0.25, 0.3) is 0 Å². The summed E-state index contributed by atoms with van der Waals surface area (Å²) in [6, 6.07) is 6.62. The van der Waals surface area contributed by atoms with Crippen molar-refractivity contribution in [2.45, 2.75) is 19.3 Å². The standard InChI is InChI=1S/C12H17BrClNO/c1-12(2,7-15-8-14)9-4-5-11(16-3)10(13)6-9/h4-6,15H,7-8H2,1-3H3. The fourth-order valence-electron chi connectivity index (χ4n) is 1.55. The topological polar surface area (TPSA) is 21.3 Å². The number of rotatable bonds is 5. The lowest BCUT2D eigenvalue weighted by Crippen LogP contribution is -2.32. The Bertz CT molecular complexity index is 355. The van der Waals surface area contributed by atoms with Gasteiger partial charge in [0.15, 0.2) is 0 Å². The molecule has 0 unspecified atom stereocenters. The Morgan fingerprint density at radius 2 is 2.12 bits per heavy atom. The van der Waals surface area contributed by atoms with Crippen molar-refractivity contribution in [1.82, 2.24) is 5.32 Å². The quantitative estimate of drug-likeness (QED) is 0.664. The first kappa shape index (κ1) is 13.8. The van der Waals surface area contributed by atoms with E-state index < -0.39 is 0 Å². The van der Waals surface area contributed by atoms with Crippen molar-refractivity contribution in [3.8, 4) is 5.75 Å². The first-order valence-corrected chi connectivity index (χ1v) is 6.44. The summed E-state index contributed by atoms with van der Waals surface area (Å²) in [5, 5.41) is 3.15. The van der Waals surface area contributed by atoms with E-state index in [9.17, 15) is 0 Å². The zero-order valence-corrected chi connectivity index (χ0v) is 12.2. The molecule has 1 aromatic rings. The summed E-state index contributed by atoms with van der Waals surface area (Å²) in [7, 11) is 1.67. The van der Waals surface area contributed by atoms with Crippen molar-refractivity contribution in [2.24, 2.45) is 0 Å². The number of hydrogen-bond donors (Lipinski definition) is 1. The van der Waals surface area contributed by atoms with E-state index in [-0.39, 0.29) is 5.41 Å². The molecule has 90 valence electrons. The zero-order chi connectivity index (χ0) is 12.2. The number of nitrogens with one attached hydrogen (secondary N) is 1. The van der Waals surface area contributed by atoms with Crippen molar-refractivity contribution < 1.29 is 4.74 Å². The van der Waals surface area contributed by atoms with Gasteiger partial charge in [0.05, 0.1) is 17.6 Å². The van der Waals surface area contributed by atoms with Crippen molar-refractivity contribution in [3.63, 3.8) is 0 Å². The molecule has 4 heteroatoms. The number of alkyl halides is 1. The number of ether oxygens (including phenoxy) is 1. The molecular weight excluding hydrogens is 289 g/mol. The van der Waals surface area contributed by atoms with Crippen LogP contribution in [0.3, 0.4) is 0 Å². The Hall–Kier alpha value is -0.250. The van der Waals surface area contributed by atoms with Gasteiger partial charge in [-0.1, -0.05) is 19.9 Å². The number of methoxy groups -OCH3 is 1. The molecule has 0 fully saturated rings. The second kappa shape index (κ2) is 5.89. The van der Waals surface area contributed by atoms with E-state index in [4.69, 9.17) is 16.3 Å². The highest BCUT2D eigenvalue weighted by atomic mass is 79.9. The van der Waals surface area contributed by atoms with Crippen LogP contribution in [-0.2, 0) is 5.41 Å². The minimum absolute atomic E-state index is 0.0453. The van der Waals surface area contributed by atoms with Gasteiger partial charge >= 0.3 is 0 Å². The third-order valence-electron chi connectivity index (χ3n) is 2.59. The maximum absolute atomic E-state index is 5.63. The van der Waals surface area contributed by atoms with Crippen LogP contribution >= 0.6 is 27.5 Å². The average molecular weight is 307 g/mol. The average Bonchev–Trinajstić information content (AvgIpc) is 2.26. The number of benzene rings is 1. The zero-order valence-electron chi connectivity index (χ0n) is 9.81. The third kappa shape index (κ3) is 3.37. The fourth-order valence-corrected chi connectivity index (χ4v) is 2.18. The molecule has 1 rings (SSSR count). The minimum Gasteiger partial charge on any atom is -0.496 e. The molecule has 0 bridgehead atoms. The molecule has 0 spiro atoms. The fraction of sp³-hybridized carbons (Fsp3) is 0.500. The van der Waals surface area contributed by atoms with Crippen molar-refractivity contribution in [2.75, 3.05) is 19.7 Å². The molecule has 1 N–H and O–H groups in total. The highest BCUT2D eigenvalue weighted by Gasteiger charge is 2.20. The maximum Gasteiger partial charge on any atom is 0.133 e. The summed E-state index contributed by atoms with van der Waals surface area (Å²) in [6.07, 6.45) is 0. The second-order valence-corrected chi connectivity index (χ2v) is 5.42. The Kier molecular flexibility index (Phi) is 5.09. The van der Waals surface area contributed by atoms with E-state index in [1.807, 2.05) is 6.07 Å². The van der Waals surface area contributed by atoms with Gasteiger partial charge in [-0.05, 0) is 33.6 Å². The maximum atomic E-state index is 5.63. The Balaban J connectivity index is 2.91. The van der Waals surface area contributed by atoms with E-state index in [2.05, 4.69) is 47.2 Å². The van der Waals surface area contributed by atoms with Crippen molar-refractivity contribution >= 4 is 27.5 Å². The summed E-state index contributed by atoms with van der Waals surface area (Å²) >= 11 is 9.13. The van der Waals surface area contributed by atoms with E-state index in [1.54, 1.807) is 7.11 Å². The van der Waals surface area contributed by atoms with Gasteiger partial charge in [0.1, 0.15) is 5.75 Å². The lowest BCUT2D eigenvalue weighted by atomic mass is 9.84. The van der Waals surface area contributed by atoms with Crippen LogP contribution in [0.1, 0.15) is 19.4 Å². The first-order chi connectivity index (χ1) is 7.51. The van der Waals surface area contributed by atoms with E-state index in [1.165, 1.54) is 5.56 Å². The number of halogens is 2. The van der Waals surface area contributed by atoms with Gasteiger partial charge in [-0.15, -0.1) is 11.6 Å². The lowest BCUT2D eigenvalue weighted by Gasteiger charge is -2.25. The first-order valence-electron chi connectivity index (χ1n) is 5.12. The molecule has 0 radical (unpaired) electrons. The molecule has 2 nitrogen and oxygen atoms in total. The predicted molar refractivity (Wildman–Crippen MR) is 72.4 cm³/mol. The summed E-state index contributed by atoms with van der Waals surface area (Å²) in [5.74, 6) is 0.852. The van der Waals surface area contributed by atoms with Crippen LogP contribution in [0.4, 0.5) is 0 Å². The summed E-state index contributed by atoms with van der Waals surface area (Å²) in [5.41, 5.74) is 1.29. The molecule has 16 heavy (non-hydrogen) atoms. The van der Waals surface area contributed by atoms with E-state index >= 15 is 0 Å². The van der Waals surface area contributed by atoms with E-state index in [0.717, 1.165) is 16.8 Å². The minimum atomic E-state index is 0.0453.